The summed E-state index contributed by atoms with van der Waals surface area (Å²) in [6, 6.07) is 12.3. The maximum absolute atomic E-state index is 13.5. The smallest absolute Gasteiger partial charge is 0.323 e. The van der Waals surface area contributed by atoms with Crippen molar-refractivity contribution < 1.29 is 19.8 Å². The van der Waals surface area contributed by atoms with Crippen LogP contribution in [0.1, 0.15) is 49.7 Å². The zero-order valence-electron chi connectivity index (χ0n) is 20.8. The van der Waals surface area contributed by atoms with E-state index in [0.29, 0.717) is 40.6 Å². The predicted octanol–water partition coefficient (Wildman–Crippen LogP) is 4.81. The average Bonchev–Trinajstić information content (AvgIpc) is 3.19. The predicted molar refractivity (Wildman–Crippen MR) is 142 cm³/mol. The van der Waals surface area contributed by atoms with Gasteiger partial charge in [0.2, 0.25) is 5.91 Å². The first-order chi connectivity index (χ1) is 17.8. The van der Waals surface area contributed by atoms with Gasteiger partial charge in [0.05, 0.1) is 12.2 Å². The first kappa shape index (κ1) is 24.7. The molecule has 0 spiro atoms. The van der Waals surface area contributed by atoms with Gasteiger partial charge in [0.1, 0.15) is 0 Å². The van der Waals surface area contributed by atoms with E-state index in [9.17, 15) is 14.7 Å². The zero-order valence-corrected chi connectivity index (χ0v) is 21.6. The summed E-state index contributed by atoms with van der Waals surface area (Å²) in [5.74, 6) is 1.65. The van der Waals surface area contributed by atoms with Gasteiger partial charge in [0.25, 0.3) is 0 Å². The molecule has 8 heteroatoms. The van der Waals surface area contributed by atoms with Crippen molar-refractivity contribution >= 4 is 34.9 Å². The summed E-state index contributed by atoms with van der Waals surface area (Å²) in [6.07, 6.45) is 6.37. The molecule has 7 rings (SSSR count). The van der Waals surface area contributed by atoms with Crippen LogP contribution in [-0.2, 0) is 17.8 Å². The van der Waals surface area contributed by atoms with E-state index in [1.807, 2.05) is 12.1 Å². The molecule has 5 fully saturated rings. The number of carbonyl (C=O) groups excluding carboxylic acids is 2. The van der Waals surface area contributed by atoms with Gasteiger partial charge in [-0.15, -0.1) is 0 Å². The van der Waals surface area contributed by atoms with Gasteiger partial charge in [-0.2, -0.15) is 0 Å². The number of hydrogen-bond acceptors (Lipinski definition) is 4. The van der Waals surface area contributed by atoms with E-state index >= 15 is 0 Å². The van der Waals surface area contributed by atoms with Crippen molar-refractivity contribution in [1.82, 2.24) is 4.90 Å². The lowest BCUT2D eigenvalue weighted by Gasteiger charge is -2.59. The Balaban J connectivity index is 1.06. The van der Waals surface area contributed by atoms with Crippen molar-refractivity contribution in [2.75, 3.05) is 17.2 Å². The van der Waals surface area contributed by atoms with Gasteiger partial charge in [-0.25, -0.2) is 4.79 Å². The zero-order chi connectivity index (χ0) is 25.7. The Bertz CT molecular complexity index is 1190. The highest BCUT2D eigenvalue weighted by Gasteiger charge is 2.57. The molecule has 1 heterocycles. The van der Waals surface area contributed by atoms with Gasteiger partial charge < -0.3 is 25.7 Å². The number of likely N-dealkylation sites (tertiary alicyclic amines) is 1. The Morgan fingerprint density at radius 1 is 1.03 bits per heavy atom. The third kappa shape index (κ3) is 4.85. The molecule has 4 saturated carbocycles. The molecule has 7 nitrogen and oxygen atoms in total. The molecule has 37 heavy (non-hydrogen) atoms. The average molecular weight is 524 g/mol. The molecule has 4 bridgehead atoms. The number of aliphatic hydroxyl groups is 2. The highest BCUT2D eigenvalue weighted by molar-refractivity contribution is 6.31. The molecule has 1 saturated heterocycles. The second-order valence-electron chi connectivity index (χ2n) is 11.6. The molecule has 0 aromatic heterocycles. The van der Waals surface area contributed by atoms with Gasteiger partial charge in [-0.3, -0.25) is 4.79 Å². The Labute approximate surface area is 222 Å². The Morgan fingerprint density at radius 2 is 1.70 bits per heavy atom. The van der Waals surface area contributed by atoms with E-state index in [1.165, 1.54) is 0 Å². The Hall–Kier alpha value is -2.61. The summed E-state index contributed by atoms with van der Waals surface area (Å²) in [7, 11) is 0. The van der Waals surface area contributed by atoms with Gasteiger partial charge in [-0.05, 0) is 98.1 Å². The van der Waals surface area contributed by atoms with Crippen LogP contribution < -0.4 is 10.6 Å². The number of urea groups is 1. The van der Waals surface area contributed by atoms with Crippen LogP contribution in [0.4, 0.5) is 16.2 Å². The lowest BCUT2D eigenvalue weighted by molar-refractivity contribution is -0.168. The number of aliphatic hydroxyl groups excluding tert-OH is 1. The van der Waals surface area contributed by atoms with Crippen molar-refractivity contribution in [3.05, 3.63) is 58.6 Å². The first-order valence-electron chi connectivity index (χ1n) is 13.4. The molecule has 2 aromatic carbocycles. The second-order valence-corrected chi connectivity index (χ2v) is 12.1. The maximum Gasteiger partial charge on any atom is 0.323 e. The minimum absolute atomic E-state index is 0.0474. The number of nitrogens with one attached hydrogen (secondary N) is 2. The van der Waals surface area contributed by atoms with Crippen LogP contribution in [0.3, 0.4) is 0 Å². The standard InChI is InChI=1S/C29H34ClN3O4/c30-25-12-24(32-28(36)31-23-4-1-17(16-34)2-5-23)6-3-19(25)11-20-7-8-33(27(20)35)26-21-9-18-10-22(26)15-29(37,13-18)14-21/h1-6,12,18,20-22,26,34,37H,7-11,13-16H2,(H2,31,32,36). The third-order valence-electron chi connectivity index (χ3n) is 9.07. The number of anilines is 2. The SMILES string of the molecule is O=C(Nc1ccc(CO)cc1)Nc1ccc(CC2CCN(C3C4CC5CC3CC(O)(C5)C4)C2=O)c(Cl)c1. The van der Waals surface area contributed by atoms with Crippen LogP contribution in [0, 0.1) is 23.7 Å². The molecule has 3 atom stereocenters. The molecule has 0 radical (unpaired) electrons. The van der Waals surface area contributed by atoms with E-state index in [-0.39, 0.29) is 30.5 Å². The quantitative estimate of drug-likeness (QED) is 0.436. The molecule has 4 N–H and O–H groups in total. The van der Waals surface area contributed by atoms with Crippen LogP contribution >= 0.6 is 11.6 Å². The van der Waals surface area contributed by atoms with E-state index in [2.05, 4.69) is 15.5 Å². The summed E-state index contributed by atoms with van der Waals surface area (Å²) in [6.45, 7) is 0.745. The van der Waals surface area contributed by atoms with Crippen molar-refractivity contribution in [3.8, 4) is 0 Å². The number of rotatable bonds is 6. The van der Waals surface area contributed by atoms with Crippen molar-refractivity contribution in [2.24, 2.45) is 23.7 Å². The lowest BCUT2D eigenvalue weighted by atomic mass is 9.52. The largest absolute Gasteiger partial charge is 0.392 e. The fourth-order valence-electron chi connectivity index (χ4n) is 7.75. The number of nitrogens with zero attached hydrogens (tertiary/aromatic N) is 1. The van der Waals surface area contributed by atoms with Crippen molar-refractivity contribution in [3.63, 3.8) is 0 Å². The van der Waals surface area contributed by atoms with Crippen molar-refractivity contribution in [2.45, 2.75) is 63.2 Å². The highest BCUT2D eigenvalue weighted by atomic mass is 35.5. The molecule has 3 amide bonds. The minimum Gasteiger partial charge on any atom is -0.392 e. The topological polar surface area (TPSA) is 102 Å². The number of amides is 3. The Kier molecular flexibility index (Phi) is 6.42. The number of hydrogen-bond donors (Lipinski definition) is 4. The summed E-state index contributed by atoms with van der Waals surface area (Å²) >= 11 is 6.58. The summed E-state index contributed by atoms with van der Waals surface area (Å²) in [4.78, 5) is 28.0. The van der Waals surface area contributed by atoms with E-state index < -0.39 is 5.60 Å². The van der Waals surface area contributed by atoms with Crippen LogP contribution in [0.25, 0.3) is 0 Å². The third-order valence-corrected chi connectivity index (χ3v) is 9.43. The molecular weight excluding hydrogens is 490 g/mol. The summed E-state index contributed by atoms with van der Waals surface area (Å²) in [5, 5.41) is 26.1. The molecule has 4 aliphatic carbocycles. The fourth-order valence-corrected chi connectivity index (χ4v) is 8.01. The summed E-state index contributed by atoms with van der Waals surface area (Å²) in [5.41, 5.74) is 2.39. The van der Waals surface area contributed by atoms with Crippen LogP contribution in [0.5, 0.6) is 0 Å². The molecule has 1 aliphatic heterocycles. The minimum atomic E-state index is -0.486. The van der Waals surface area contributed by atoms with Crippen LogP contribution in [0.2, 0.25) is 5.02 Å². The van der Waals surface area contributed by atoms with Gasteiger partial charge in [-0.1, -0.05) is 29.8 Å². The molecule has 3 unspecified atom stereocenters. The fraction of sp³-hybridized carbons (Fsp3) is 0.517. The maximum atomic E-state index is 13.5. The van der Waals surface area contributed by atoms with Crippen molar-refractivity contribution in [1.29, 1.82) is 0 Å². The van der Waals surface area contributed by atoms with Gasteiger partial charge in [0.15, 0.2) is 0 Å². The van der Waals surface area contributed by atoms with E-state index in [1.54, 1.807) is 30.3 Å². The Morgan fingerprint density at radius 3 is 2.35 bits per heavy atom. The molecule has 5 aliphatic rings. The molecule has 196 valence electrons. The molecule has 2 aromatic rings. The normalized spacial score (nSPS) is 32.1. The van der Waals surface area contributed by atoms with E-state index in [4.69, 9.17) is 16.7 Å². The van der Waals surface area contributed by atoms with E-state index in [0.717, 1.165) is 56.2 Å². The number of halogens is 1. The van der Waals surface area contributed by atoms with Crippen LogP contribution in [0.15, 0.2) is 42.5 Å². The monoisotopic (exact) mass is 523 g/mol. The highest BCUT2D eigenvalue weighted by Crippen LogP contribution is 2.57. The number of carbonyl (C=O) groups is 2. The van der Waals surface area contributed by atoms with Gasteiger partial charge >= 0.3 is 6.03 Å². The molecular formula is C29H34ClN3O4. The lowest BCUT2D eigenvalue weighted by Crippen LogP contribution is -2.62. The van der Waals surface area contributed by atoms with Gasteiger partial charge in [0, 0.05) is 34.9 Å². The summed E-state index contributed by atoms with van der Waals surface area (Å²) < 4.78 is 0. The first-order valence-corrected chi connectivity index (χ1v) is 13.8. The second kappa shape index (κ2) is 9.61. The van der Waals surface area contributed by atoms with Crippen LogP contribution in [-0.4, -0.2) is 45.2 Å². The number of benzene rings is 2.